The highest BCUT2D eigenvalue weighted by atomic mass is 19.4. The molecular weight excluding hydrogens is 425 g/mol. The van der Waals surface area contributed by atoms with E-state index in [1.807, 2.05) is 0 Å². The van der Waals surface area contributed by atoms with Crippen LogP contribution in [0.4, 0.5) is 18.9 Å². The fourth-order valence-electron chi connectivity index (χ4n) is 3.99. The van der Waals surface area contributed by atoms with Gasteiger partial charge >= 0.3 is 12.1 Å². The first-order valence-electron chi connectivity index (χ1n) is 10.1. The Morgan fingerprint density at radius 3 is 2.44 bits per heavy atom. The van der Waals surface area contributed by atoms with Crippen LogP contribution in [0.5, 0.6) is 5.75 Å². The van der Waals surface area contributed by atoms with Gasteiger partial charge in [-0.3, -0.25) is 9.59 Å². The van der Waals surface area contributed by atoms with Crippen molar-refractivity contribution in [2.45, 2.75) is 31.5 Å². The Morgan fingerprint density at radius 1 is 1.19 bits per heavy atom. The van der Waals surface area contributed by atoms with E-state index >= 15 is 0 Å². The van der Waals surface area contributed by atoms with Gasteiger partial charge < -0.3 is 19.7 Å². The van der Waals surface area contributed by atoms with E-state index in [1.54, 1.807) is 31.3 Å². The molecule has 172 valence electrons. The van der Waals surface area contributed by atoms with Crippen molar-refractivity contribution in [3.8, 4) is 5.75 Å². The van der Waals surface area contributed by atoms with Gasteiger partial charge in [0.2, 0.25) is 0 Å². The number of esters is 1. The molecule has 0 unspecified atom stereocenters. The molecule has 1 amide bonds. The van der Waals surface area contributed by atoms with Crippen molar-refractivity contribution in [3.63, 3.8) is 0 Å². The van der Waals surface area contributed by atoms with Crippen LogP contribution in [0.15, 0.2) is 42.5 Å². The smallest absolute Gasteiger partial charge is 0.416 e. The Kier molecular flexibility index (Phi) is 7.08. The maximum atomic E-state index is 13.9. The van der Waals surface area contributed by atoms with Crippen LogP contribution in [-0.4, -0.2) is 45.2 Å². The summed E-state index contributed by atoms with van der Waals surface area (Å²) in [7, 11) is 3.18. The summed E-state index contributed by atoms with van der Waals surface area (Å²) in [5.74, 6) is -1.49. The number of benzene rings is 2. The molecule has 2 aromatic carbocycles. The number of alkyl halides is 3. The summed E-state index contributed by atoms with van der Waals surface area (Å²) in [5.41, 5.74) is -0.0591. The number of fused-ring (bicyclic) bond motifs is 1. The highest BCUT2D eigenvalue weighted by Gasteiger charge is 2.43. The molecule has 0 saturated heterocycles. The number of anilines is 1. The number of nitrogens with zero attached hydrogens (tertiary/aromatic N) is 1. The fourth-order valence-corrected chi connectivity index (χ4v) is 3.99. The summed E-state index contributed by atoms with van der Waals surface area (Å²) in [4.78, 5) is 26.7. The molecule has 32 heavy (non-hydrogen) atoms. The first-order valence-corrected chi connectivity index (χ1v) is 10.1. The number of halogens is 3. The van der Waals surface area contributed by atoms with Crippen LogP contribution in [0, 0.1) is 0 Å². The van der Waals surface area contributed by atoms with Crippen molar-refractivity contribution in [1.29, 1.82) is 0 Å². The van der Waals surface area contributed by atoms with Crippen LogP contribution in [0.3, 0.4) is 0 Å². The maximum absolute atomic E-state index is 13.9. The second-order valence-electron chi connectivity index (χ2n) is 7.51. The van der Waals surface area contributed by atoms with Gasteiger partial charge in [0.1, 0.15) is 5.75 Å². The Hall–Kier alpha value is -3.07. The van der Waals surface area contributed by atoms with Crippen LogP contribution < -0.4 is 15.0 Å². The summed E-state index contributed by atoms with van der Waals surface area (Å²) in [6.45, 7) is 1.65. The molecule has 1 aliphatic heterocycles. The van der Waals surface area contributed by atoms with Crippen LogP contribution in [0.25, 0.3) is 0 Å². The van der Waals surface area contributed by atoms with E-state index in [1.165, 1.54) is 31.1 Å². The van der Waals surface area contributed by atoms with Crippen molar-refractivity contribution in [2.75, 3.05) is 32.1 Å². The van der Waals surface area contributed by atoms with Crippen LogP contribution >= 0.6 is 0 Å². The molecule has 2 atom stereocenters. The molecule has 9 heteroatoms. The molecule has 0 bridgehead atoms. The molecule has 2 aromatic rings. The maximum Gasteiger partial charge on any atom is 0.416 e. The van der Waals surface area contributed by atoms with Crippen LogP contribution in [0.2, 0.25) is 0 Å². The fraction of sp³-hybridized carbons (Fsp3) is 0.391. The van der Waals surface area contributed by atoms with Gasteiger partial charge in [-0.05, 0) is 48.9 Å². The van der Waals surface area contributed by atoms with Gasteiger partial charge in [0, 0.05) is 31.6 Å². The third kappa shape index (κ3) is 4.88. The van der Waals surface area contributed by atoms with E-state index in [-0.39, 0.29) is 24.2 Å². The SMILES string of the molecule is CNCCN1C(=O)[C@@H](OC(C)=O)[C@@H](c2ccc(OC)cc2)Cc2c1cccc2C(F)(F)F. The standard InChI is InChI=1S/C23H25F3N2O4/c1-14(29)32-21-17(15-7-9-16(31-3)10-8-15)13-18-19(23(24,25)26)5-4-6-20(18)28(22(21)30)12-11-27-2/h4-10,17,21,27H,11-13H2,1-3H3/t17-,21+/m1/s1. The monoisotopic (exact) mass is 450 g/mol. The number of rotatable bonds is 6. The van der Waals surface area contributed by atoms with Crippen molar-refractivity contribution in [2.24, 2.45) is 0 Å². The van der Waals surface area contributed by atoms with E-state index in [0.29, 0.717) is 17.9 Å². The van der Waals surface area contributed by atoms with Crippen molar-refractivity contribution >= 4 is 17.6 Å². The van der Waals surface area contributed by atoms with Crippen LogP contribution in [-0.2, 0) is 26.9 Å². The summed E-state index contributed by atoms with van der Waals surface area (Å²) < 4.78 is 52.3. The van der Waals surface area contributed by atoms with E-state index in [2.05, 4.69) is 5.32 Å². The van der Waals surface area contributed by atoms with Gasteiger partial charge in [-0.1, -0.05) is 18.2 Å². The highest BCUT2D eigenvalue weighted by Crippen LogP contribution is 2.42. The lowest BCUT2D eigenvalue weighted by Gasteiger charge is -2.28. The lowest BCUT2D eigenvalue weighted by molar-refractivity contribution is -0.154. The first kappa shape index (κ1) is 23.6. The minimum Gasteiger partial charge on any atom is -0.497 e. The minimum absolute atomic E-state index is 0.0000712. The zero-order valence-electron chi connectivity index (χ0n) is 18.0. The van der Waals surface area contributed by atoms with Gasteiger partial charge in [0.25, 0.3) is 5.91 Å². The third-order valence-electron chi connectivity index (χ3n) is 5.47. The Balaban J connectivity index is 2.21. The molecular formula is C23H25F3N2O4. The molecule has 0 saturated carbocycles. The molecule has 0 aliphatic carbocycles. The normalized spacial score (nSPS) is 18.7. The van der Waals surface area contributed by atoms with Gasteiger partial charge in [-0.2, -0.15) is 13.2 Å². The summed E-state index contributed by atoms with van der Waals surface area (Å²) in [6, 6.07) is 10.5. The summed E-state index contributed by atoms with van der Waals surface area (Å²) in [6.07, 6.45) is -6.00. The Morgan fingerprint density at radius 2 is 1.88 bits per heavy atom. The Bertz CT molecular complexity index is 976. The van der Waals surface area contributed by atoms with Gasteiger partial charge in [0.15, 0.2) is 6.10 Å². The van der Waals surface area contributed by atoms with Gasteiger partial charge in [0.05, 0.1) is 12.7 Å². The Labute approximate surface area is 184 Å². The van der Waals surface area contributed by atoms with Gasteiger partial charge in [-0.25, -0.2) is 0 Å². The average molecular weight is 450 g/mol. The highest BCUT2D eigenvalue weighted by molar-refractivity contribution is 6.00. The molecule has 0 spiro atoms. The summed E-state index contributed by atoms with van der Waals surface area (Å²) in [5, 5.41) is 2.91. The molecule has 1 heterocycles. The first-order chi connectivity index (χ1) is 15.2. The number of nitrogens with one attached hydrogen (secondary N) is 1. The topological polar surface area (TPSA) is 67.9 Å². The molecule has 1 aliphatic rings. The number of ether oxygens (including phenoxy) is 2. The van der Waals surface area contributed by atoms with E-state index in [0.717, 1.165) is 6.07 Å². The number of methoxy groups -OCH3 is 1. The zero-order chi connectivity index (χ0) is 23.5. The third-order valence-corrected chi connectivity index (χ3v) is 5.47. The van der Waals surface area contributed by atoms with Crippen molar-refractivity contribution < 1.29 is 32.2 Å². The molecule has 6 nitrogen and oxygen atoms in total. The number of hydrogen-bond donors (Lipinski definition) is 1. The second kappa shape index (κ2) is 9.60. The number of carbonyl (C=O) groups excluding carboxylic acids is 2. The van der Waals surface area contributed by atoms with Crippen molar-refractivity contribution in [3.05, 3.63) is 59.2 Å². The largest absolute Gasteiger partial charge is 0.497 e. The molecule has 1 N–H and O–H groups in total. The average Bonchev–Trinajstić information content (AvgIpc) is 2.86. The molecule has 0 aromatic heterocycles. The lowest BCUT2D eigenvalue weighted by Crippen LogP contribution is -2.45. The number of carbonyl (C=O) groups is 2. The van der Waals surface area contributed by atoms with Gasteiger partial charge in [-0.15, -0.1) is 0 Å². The van der Waals surface area contributed by atoms with Crippen molar-refractivity contribution in [1.82, 2.24) is 5.32 Å². The van der Waals surface area contributed by atoms with E-state index < -0.39 is 35.6 Å². The molecule has 0 radical (unpaired) electrons. The van der Waals surface area contributed by atoms with Crippen LogP contribution in [0.1, 0.15) is 29.5 Å². The van der Waals surface area contributed by atoms with E-state index in [9.17, 15) is 22.8 Å². The summed E-state index contributed by atoms with van der Waals surface area (Å²) >= 11 is 0. The number of hydrogen-bond acceptors (Lipinski definition) is 5. The second-order valence-corrected chi connectivity index (χ2v) is 7.51. The lowest BCUT2D eigenvalue weighted by atomic mass is 9.86. The van der Waals surface area contributed by atoms with E-state index in [4.69, 9.17) is 9.47 Å². The quantitative estimate of drug-likeness (QED) is 0.682. The predicted octanol–water partition coefficient (Wildman–Crippen LogP) is 3.54. The minimum atomic E-state index is -4.60. The molecule has 3 rings (SSSR count). The molecule has 0 fully saturated rings. The number of amides is 1. The predicted molar refractivity (Wildman–Crippen MR) is 113 cm³/mol. The zero-order valence-corrected chi connectivity index (χ0v) is 18.0. The number of likely N-dealkylation sites (N-methyl/N-ethyl adjacent to an activating group) is 1.